The molecule has 0 aliphatic heterocycles. The Morgan fingerprint density at radius 1 is 1.31 bits per heavy atom. The Morgan fingerprint density at radius 3 is 2.72 bits per heavy atom. The van der Waals surface area contributed by atoms with Crippen molar-refractivity contribution in [2.24, 2.45) is 13.0 Å². The molecule has 0 saturated heterocycles. The molecular formula is C28H32ClN3O4. The molecule has 1 fully saturated rings. The molecule has 0 bridgehead atoms. The molecule has 2 aromatic heterocycles. The monoisotopic (exact) mass is 509 g/mol. The van der Waals surface area contributed by atoms with Gasteiger partial charge in [-0.1, -0.05) is 30.7 Å². The number of fused-ring (bicyclic) bond motifs is 1. The molecule has 0 spiro atoms. The molecule has 190 valence electrons. The number of aromatic nitrogens is 2. The number of benzene rings is 1. The number of aryl methyl sites for hydroxylation is 1. The van der Waals surface area contributed by atoms with Crippen LogP contribution in [0.4, 0.5) is 0 Å². The van der Waals surface area contributed by atoms with Gasteiger partial charge in [0.05, 0.1) is 24.4 Å². The molecular weight excluding hydrogens is 478 g/mol. The van der Waals surface area contributed by atoms with Gasteiger partial charge in [-0.3, -0.25) is 4.79 Å². The van der Waals surface area contributed by atoms with Crippen LogP contribution in [0.15, 0.2) is 36.5 Å². The van der Waals surface area contributed by atoms with E-state index in [-0.39, 0.29) is 24.4 Å². The summed E-state index contributed by atoms with van der Waals surface area (Å²) in [5.41, 5.74) is 4.01. The molecule has 1 saturated carbocycles. The molecule has 4 rings (SSSR count). The summed E-state index contributed by atoms with van der Waals surface area (Å²) < 4.78 is 8.21. The highest BCUT2D eigenvalue weighted by atomic mass is 35.5. The molecule has 0 radical (unpaired) electrons. The minimum absolute atomic E-state index is 0.00602. The highest BCUT2D eigenvalue weighted by molar-refractivity contribution is 6.30. The molecule has 3 aromatic rings. The number of nitriles is 1. The van der Waals surface area contributed by atoms with Gasteiger partial charge in [-0.05, 0) is 67.7 Å². The van der Waals surface area contributed by atoms with Crippen molar-refractivity contribution in [1.29, 1.82) is 5.26 Å². The molecule has 1 aliphatic carbocycles. The van der Waals surface area contributed by atoms with Crippen molar-refractivity contribution in [3.05, 3.63) is 63.9 Å². The van der Waals surface area contributed by atoms with Crippen LogP contribution >= 0.6 is 11.6 Å². The predicted octanol–water partition coefficient (Wildman–Crippen LogP) is 5.88. The lowest BCUT2D eigenvalue weighted by molar-refractivity contribution is -0.138. The summed E-state index contributed by atoms with van der Waals surface area (Å²) in [7, 11) is 1.95. The van der Waals surface area contributed by atoms with Gasteiger partial charge in [-0.25, -0.2) is 4.98 Å². The zero-order chi connectivity index (χ0) is 25.8. The maximum Gasteiger partial charge on any atom is 0.303 e. The van der Waals surface area contributed by atoms with Gasteiger partial charge in [-0.15, -0.1) is 0 Å². The first-order valence-corrected chi connectivity index (χ1v) is 12.8. The number of aliphatic hydroxyl groups excluding tert-OH is 1. The van der Waals surface area contributed by atoms with E-state index in [2.05, 4.69) is 11.1 Å². The average Bonchev–Trinajstić information content (AvgIpc) is 3.14. The van der Waals surface area contributed by atoms with E-state index in [1.54, 1.807) is 12.3 Å². The van der Waals surface area contributed by atoms with Crippen LogP contribution in [0.25, 0.3) is 11.0 Å². The first kappa shape index (κ1) is 26.2. The van der Waals surface area contributed by atoms with Crippen LogP contribution in [0.2, 0.25) is 5.02 Å². The topological polar surface area (TPSA) is 108 Å². The molecule has 2 atom stereocenters. The Morgan fingerprint density at radius 2 is 2.06 bits per heavy atom. The molecule has 1 aliphatic rings. The summed E-state index contributed by atoms with van der Waals surface area (Å²) in [5, 5.41) is 31.4. The van der Waals surface area contributed by atoms with Gasteiger partial charge in [0.25, 0.3) is 0 Å². The van der Waals surface area contributed by atoms with Crippen molar-refractivity contribution in [3.63, 3.8) is 0 Å². The fraction of sp³-hybridized carbons (Fsp3) is 0.464. The van der Waals surface area contributed by atoms with Crippen molar-refractivity contribution >= 4 is 28.6 Å². The third-order valence-corrected chi connectivity index (χ3v) is 7.39. The molecule has 2 heterocycles. The Hall–Kier alpha value is -2.92. The van der Waals surface area contributed by atoms with Crippen LogP contribution in [0.3, 0.4) is 0 Å². The molecule has 0 amide bonds. The number of rotatable bonds is 9. The van der Waals surface area contributed by atoms with Gasteiger partial charge < -0.3 is 19.5 Å². The quantitative estimate of drug-likeness (QED) is 0.373. The number of carbonyl (C=O) groups is 1. The summed E-state index contributed by atoms with van der Waals surface area (Å²) in [6, 6.07) is 11.6. The Kier molecular flexibility index (Phi) is 8.30. The largest absolute Gasteiger partial charge is 0.481 e. The third-order valence-electron chi connectivity index (χ3n) is 7.16. The maximum atomic E-state index is 11.3. The fourth-order valence-corrected chi connectivity index (χ4v) is 5.70. The SMILES string of the molecule is CC(CC(=O)O)CC(O)c1c2cc(C#N)cnc2n(C)c1[C@H]1CC[C@@H](OCc2cccc(Cl)c2)CC1. The lowest BCUT2D eigenvalue weighted by Crippen LogP contribution is -2.23. The smallest absolute Gasteiger partial charge is 0.303 e. The number of nitrogens with zero attached hydrogens (tertiary/aromatic N) is 3. The summed E-state index contributed by atoms with van der Waals surface area (Å²) in [6.45, 7) is 2.36. The standard InChI is InChI=1S/C28H32ClN3O4/c1-17(11-25(34)35)10-24(33)26-23-13-19(14-30)15-31-28(23)32(2)27(26)20-6-8-22(9-7-20)36-16-18-4-3-5-21(29)12-18/h3-5,12-13,15,17,20,22,24,33H,6-11,16H2,1-2H3,(H,34,35)/t17?,20-,22+,24?. The van der Waals surface area contributed by atoms with E-state index in [9.17, 15) is 20.3 Å². The van der Waals surface area contributed by atoms with Crippen LogP contribution < -0.4 is 0 Å². The number of hydrogen-bond acceptors (Lipinski definition) is 5. The number of aliphatic hydroxyl groups is 1. The zero-order valence-corrected chi connectivity index (χ0v) is 21.4. The first-order chi connectivity index (χ1) is 17.3. The van der Waals surface area contributed by atoms with Crippen molar-refractivity contribution in [2.75, 3.05) is 0 Å². The van der Waals surface area contributed by atoms with Gasteiger partial charge in [0.1, 0.15) is 11.7 Å². The lowest BCUT2D eigenvalue weighted by Gasteiger charge is -2.30. The van der Waals surface area contributed by atoms with E-state index >= 15 is 0 Å². The van der Waals surface area contributed by atoms with Crippen molar-refractivity contribution < 1.29 is 19.7 Å². The van der Waals surface area contributed by atoms with E-state index < -0.39 is 12.1 Å². The molecule has 2 N–H and O–H groups in total. The average molecular weight is 510 g/mol. The maximum absolute atomic E-state index is 11.3. The highest BCUT2D eigenvalue weighted by Gasteiger charge is 2.32. The van der Waals surface area contributed by atoms with Gasteiger partial charge in [0, 0.05) is 41.3 Å². The first-order valence-electron chi connectivity index (χ1n) is 12.4. The van der Waals surface area contributed by atoms with E-state index in [1.165, 1.54) is 0 Å². The summed E-state index contributed by atoms with van der Waals surface area (Å²) >= 11 is 6.09. The summed E-state index contributed by atoms with van der Waals surface area (Å²) in [4.78, 5) is 15.7. The summed E-state index contributed by atoms with van der Waals surface area (Å²) in [5.74, 6) is -0.860. The van der Waals surface area contributed by atoms with E-state index in [1.807, 2.05) is 42.8 Å². The minimum Gasteiger partial charge on any atom is -0.481 e. The number of ether oxygens (including phenoxy) is 1. The third kappa shape index (κ3) is 5.89. The Balaban J connectivity index is 1.55. The second-order valence-electron chi connectivity index (χ2n) is 9.93. The van der Waals surface area contributed by atoms with Gasteiger partial charge >= 0.3 is 5.97 Å². The van der Waals surface area contributed by atoms with Crippen molar-refractivity contribution in [1.82, 2.24) is 9.55 Å². The zero-order valence-electron chi connectivity index (χ0n) is 20.7. The number of halogens is 1. The molecule has 2 unspecified atom stereocenters. The molecule has 8 heteroatoms. The lowest BCUT2D eigenvalue weighted by atomic mass is 9.82. The van der Waals surface area contributed by atoms with Crippen LogP contribution in [0, 0.1) is 17.2 Å². The van der Waals surface area contributed by atoms with Crippen LogP contribution in [-0.4, -0.2) is 31.8 Å². The summed E-state index contributed by atoms with van der Waals surface area (Å²) in [6.07, 6.45) is 4.79. The molecule has 1 aromatic carbocycles. The van der Waals surface area contributed by atoms with Crippen LogP contribution in [-0.2, 0) is 23.2 Å². The van der Waals surface area contributed by atoms with Crippen molar-refractivity contribution in [3.8, 4) is 6.07 Å². The van der Waals surface area contributed by atoms with E-state index in [0.717, 1.165) is 53.5 Å². The fourth-order valence-electron chi connectivity index (χ4n) is 5.49. The Labute approximate surface area is 216 Å². The number of aliphatic carboxylic acids is 1. The van der Waals surface area contributed by atoms with Gasteiger partial charge in [0.2, 0.25) is 0 Å². The van der Waals surface area contributed by atoms with Crippen LogP contribution in [0.1, 0.15) is 79.9 Å². The van der Waals surface area contributed by atoms with E-state index in [0.29, 0.717) is 23.6 Å². The number of hydrogen-bond donors (Lipinski definition) is 2. The molecule has 7 nitrogen and oxygen atoms in total. The second-order valence-corrected chi connectivity index (χ2v) is 10.4. The Bertz CT molecular complexity index is 1270. The van der Waals surface area contributed by atoms with Crippen LogP contribution in [0.5, 0.6) is 0 Å². The normalized spacial score (nSPS) is 19.6. The van der Waals surface area contributed by atoms with Gasteiger partial charge in [0.15, 0.2) is 0 Å². The predicted molar refractivity (Wildman–Crippen MR) is 138 cm³/mol. The number of carboxylic acid groups (broad SMARTS) is 1. The minimum atomic E-state index is -0.877. The second kappa shape index (κ2) is 11.4. The molecule has 36 heavy (non-hydrogen) atoms. The van der Waals surface area contributed by atoms with E-state index in [4.69, 9.17) is 16.3 Å². The van der Waals surface area contributed by atoms with Crippen molar-refractivity contribution in [2.45, 2.75) is 70.2 Å². The number of pyridine rings is 1. The van der Waals surface area contributed by atoms with Gasteiger partial charge in [-0.2, -0.15) is 5.26 Å². The number of carboxylic acids is 1. The highest BCUT2D eigenvalue weighted by Crippen LogP contribution is 2.42.